The molecule has 1 aromatic heterocycles. The van der Waals surface area contributed by atoms with Crippen molar-refractivity contribution < 1.29 is 0 Å². The lowest BCUT2D eigenvalue weighted by Gasteiger charge is -2.34. The zero-order valence-electron chi connectivity index (χ0n) is 12.7. The third kappa shape index (κ3) is 4.33. The highest BCUT2D eigenvalue weighted by atomic mass is 79.9. The zero-order chi connectivity index (χ0) is 14.6. The highest BCUT2D eigenvalue weighted by Crippen LogP contribution is 2.36. The lowest BCUT2D eigenvalue weighted by molar-refractivity contribution is 0.232. The van der Waals surface area contributed by atoms with Crippen LogP contribution in [0.5, 0.6) is 0 Å². The van der Waals surface area contributed by atoms with Crippen LogP contribution in [0.2, 0.25) is 0 Å². The van der Waals surface area contributed by atoms with E-state index in [1.807, 2.05) is 6.20 Å². The predicted molar refractivity (Wildman–Crippen MR) is 88.2 cm³/mol. The van der Waals surface area contributed by atoms with E-state index in [9.17, 15) is 0 Å². The highest BCUT2D eigenvalue weighted by Gasteiger charge is 2.27. The Morgan fingerprint density at radius 2 is 2.05 bits per heavy atom. The Hall–Kier alpha value is -0.840. The quantitative estimate of drug-likeness (QED) is 0.831. The second kappa shape index (κ2) is 6.74. The molecule has 1 aliphatic carbocycles. The summed E-state index contributed by atoms with van der Waals surface area (Å²) in [4.78, 5) is 8.84. The molecule has 1 heterocycles. The molecule has 0 unspecified atom stereocenters. The number of nitrogens with one attached hydrogen (secondary N) is 2. The molecule has 1 aliphatic rings. The number of halogens is 1. The van der Waals surface area contributed by atoms with Gasteiger partial charge >= 0.3 is 0 Å². The molecule has 1 fully saturated rings. The third-order valence-electron chi connectivity index (χ3n) is 3.96. The maximum atomic E-state index is 4.56. The average molecular weight is 341 g/mol. The summed E-state index contributed by atoms with van der Waals surface area (Å²) in [5.41, 5.74) is 0.495. The van der Waals surface area contributed by atoms with Crippen LogP contribution in [0.25, 0.3) is 0 Å². The van der Waals surface area contributed by atoms with Gasteiger partial charge in [0, 0.05) is 18.8 Å². The molecule has 1 saturated carbocycles. The van der Waals surface area contributed by atoms with Crippen molar-refractivity contribution in [2.45, 2.75) is 58.9 Å². The Balaban J connectivity index is 1.98. The molecule has 0 saturated heterocycles. The summed E-state index contributed by atoms with van der Waals surface area (Å²) in [6, 6.07) is 0.522. The molecular weight excluding hydrogens is 316 g/mol. The van der Waals surface area contributed by atoms with Gasteiger partial charge in [-0.15, -0.1) is 0 Å². The fraction of sp³-hybridized carbons (Fsp3) is 0.733. The van der Waals surface area contributed by atoms with Crippen LogP contribution in [0.3, 0.4) is 0 Å². The van der Waals surface area contributed by atoms with Crippen LogP contribution in [0.15, 0.2) is 10.7 Å². The van der Waals surface area contributed by atoms with Crippen molar-refractivity contribution in [1.29, 1.82) is 0 Å². The first kappa shape index (κ1) is 15.5. The van der Waals surface area contributed by atoms with E-state index in [1.165, 1.54) is 25.7 Å². The minimum absolute atomic E-state index is 0.495. The lowest BCUT2D eigenvalue weighted by atomic mass is 9.75. The van der Waals surface area contributed by atoms with Crippen LogP contribution in [0.1, 0.15) is 52.9 Å². The Morgan fingerprint density at radius 3 is 2.70 bits per heavy atom. The maximum absolute atomic E-state index is 4.56. The molecule has 0 bridgehead atoms. The Morgan fingerprint density at radius 1 is 1.35 bits per heavy atom. The summed E-state index contributed by atoms with van der Waals surface area (Å²) in [6.45, 7) is 7.75. The molecule has 4 nitrogen and oxygen atoms in total. The lowest BCUT2D eigenvalue weighted by Crippen LogP contribution is -2.30. The average Bonchev–Trinajstić information content (AvgIpc) is 2.42. The van der Waals surface area contributed by atoms with Crippen molar-refractivity contribution >= 4 is 27.7 Å². The zero-order valence-corrected chi connectivity index (χ0v) is 14.3. The van der Waals surface area contributed by atoms with E-state index < -0.39 is 0 Å². The minimum Gasteiger partial charge on any atom is -0.366 e. The van der Waals surface area contributed by atoms with Gasteiger partial charge in [0.15, 0.2) is 0 Å². The third-order valence-corrected chi connectivity index (χ3v) is 4.54. The van der Waals surface area contributed by atoms with Crippen molar-refractivity contribution in [3.8, 4) is 0 Å². The number of aromatic nitrogens is 2. The largest absolute Gasteiger partial charge is 0.366 e. The van der Waals surface area contributed by atoms with Gasteiger partial charge in [-0.2, -0.15) is 4.98 Å². The van der Waals surface area contributed by atoms with Crippen molar-refractivity contribution in [3.63, 3.8) is 0 Å². The fourth-order valence-corrected chi connectivity index (χ4v) is 2.83. The summed E-state index contributed by atoms with van der Waals surface area (Å²) < 4.78 is 0.935. The van der Waals surface area contributed by atoms with Gasteiger partial charge in [-0.25, -0.2) is 4.98 Å². The molecule has 0 aliphatic heterocycles. The van der Waals surface area contributed by atoms with E-state index >= 15 is 0 Å². The minimum atomic E-state index is 0.495. The van der Waals surface area contributed by atoms with Gasteiger partial charge in [0.2, 0.25) is 5.95 Å². The first-order chi connectivity index (χ1) is 9.50. The molecule has 5 heteroatoms. The van der Waals surface area contributed by atoms with Crippen LogP contribution in [-0.2, 0) is 0 Å². The molecule has 0 radical (unpaired) electrons. The molecule has 1 aromatic rings. The van der Waals surface area contributed by atoms with E-state index in [0.717, 1.165) is 23.3 Å². The van der Waals surface area contributed by atoms with Crippen molar-refractivity contribution in [1.82, 2.24) is 9.97 Å². The van der Waals surface area contributed by atoms with E-state index in [4.69, 9.17) is 0 Å². The van der Waals surface area contributed by atoms with Gasteiger partial charge in [-0.1, -0.05) is 20.8 Å². The fourth-order valence-electron chi connectivity index (χ4n) is 2.53. The molecule has 0 aromatic carbocycles. The maximum Gasteiger partial charge on any atom is 0.224 e. The van der Waals surface area contributed by atoms with Crippen LogP contribution in [0, 0.1) is 5.41 Å². The van der Waals surface area contributed by atoms with Crippen molar-refractivity contribution in [2.75, 3.05) is 17.2 Å². The second-order valence-electron chi connectivity index (χ2n) is 6.40. The van der Waals surface area contributed by atoms with Gasteiger partial charge < -0.3 is 10.6 Å². The first-order valence-corrected chi connectivity index (χ1v) is 8.32. The second-order valence-corrected chi connectivity index (χ2v) is 7.25. The van der Waals surface area contributed by atoms with Gasteiger partial charge in [0.25, 0.3) is 0 Å². The Labute approximate surface area is 130 Å². The molecular formula is C15H25BrN4. The number of rotatable bonds is 5. The monoisotopic (exact) mass is 340 g/mol. The summed E-state index contributed by atoms with van der Waals surface area (Å²) in [7, 11) is 0. The molecule has 0 amide bonds. The van der Waals surface area contributed by atoms with Gasteiger partial charge in [-0.3, -0.25) is 0 Å². The van der Waals surface area contributed by atoms with Crippen molar-refractivity contribution in [2.24, 2.45) is 5.41 Å². The number of hydrogen-bond donors (Lipinski definition) is 2. The molecule has 0 atom stereocenters. The van der Waals surface area contributed by atoms with Crippen LogP contribution >= 0.6 is 15.9 Å². The van der Waals surface area contributed by atoms with E-state index in [-0.39, 0.29) is 0 Å². The Bertz CT molecular complexity index is 437. The molecule has 112 valence electrons. The van der Waals surface area contributed by atoms with Crippen LogP contribution in [0.4, 0.5) is 11.8 Å². The van der Waals surface area contributed by atoms with Gasteiger partial charge in [-0.05, 0) is 53.4 Å². The SMILES string of the molecule is CCCNc1ncc(Br)c(NC2CCC(C)(C)CC2)n1. The standard InChI is InChI=1S/C15H25BrN4/c1-4-9-17-14-18-10-12(16)13(20-14)19-11-5-7-15(2,3)8-6-11/h10-11H,4-9H2,1-3H3,(H2,17,18,19,20). The molecule has 20 heavy (non-hydrogen) atoms. The number of anilines is 2. The van der Waals surface area contributed by atoms with Gasteiger partial charge in [0.05, 0.1) is 4.47 Å². The van der Waals surface area contributed by atoms with Crippen LogP contribution in [-0.4, -0.2) is 22.6 Å². The molecule has 0 spiro atoms. The molecule has 2 rings (SSSR count). The predicted octanol–water partition coefficient (Wildman–Crippen LogP) is 4.44. The topological polar surface area (TPSA) is 49.8 Å². The Kier molecular flexibility index (Phi) is 5.24. The van der Waals surface area contributed by atoms with E-state index in [1.54, 1.807) is 0 Å². The summed E-state index contributed by atoms with van der Waals surface area (Å²) >= 11 is 3.53. The van der Waals surface area contributed by atoms with Gasteiger partial charge in [0.1, 0.15) is 5.82 Å². The molecule has 2 N–H and O–H groups in total. The van der Waals surface area contributed by atoms with Crippen molar-refractivity contribution in [3.05, 3.63) is 10.7 Å². The summed E-state index contributed by atoms with van der Waals surface area (Å²) in [5, 5.41) is 6.79. The van der Waals surface area contributed by atoms with Crippen LogP contribution < -0.4 is 10.6 Å². The number of nitrogens with zero attached hydrogens (tertiary/aromatic N) is 2. The highest BCUT2D eigenvalue weighted by molar-refractivity contribution is 9.10. The summed E-state index contributed by atoms with van der Waals surface area (Å²) in [5.74, 6) is 1.61. The number of hydrogen-bond acceptors (Lipinski definition) is 4. The normalized spacial score (nSPS) is 18.8. The van der Waals surface area contributed by atoms with E-state index in [0.29, 0.717) is 17.4 Å². The smallest absolute Gasteiger partial charge is 0.224 e. The first-order valence-electron chi connectivity index (χ1n) is 7.53. The summed E-state index contributed by atoms with van der Waals surface area (Å²) in [6.07, 6.45) is 7.85. The van der Waals surface area contributed by atoms with E-state index in [2.05, 4.69) is 57.3 Å².